The van der Waals surface area contributed by atoms with Gasteiger partial charge in [-0.2, -0.15) is 0 Å². The zero-order valence-corrected chi connectivity index (χ0v) is 13.3. The lowest BCUT2D eigenvalue weighted by molar-refractivity contribution is -0.130. The van der Waals surface area contributed by atoms with Gasteiger partial charge in [-0.3, -0.25) is 4.79 Å². The maximum Gasteiger partial charge on any atom is 0.416 e. The first-order valence-corrected chi connectivity index (χ1v) is 8.33. The third kappa shape index (κ3) is 2.80. The number of hydrogen-bond acceptors (Lipinski definition) is 3. The number of nitrogens with zero attached hydrogens (tertiary/aromatic N) is 1. The fourth-order valence-electron chi connectivity index (χ4n) is 3.48. The van der Waals surface area contributed by atoms with Crippen molar-refractivity contribution >= 4 is 12.0 Å². The van der Waals surface area contributed by atoms with Gasteiger partial charge in [0.15, 0.2) is 0 Å². The number of amides is 2. The van der Waals surface area contributed by atoms with E-state index in [1.54, 1.807) is 0 Å². The van der Waals surface area contributed by atoms with Crippen molar-refractivity contribution in [2.45, 2.75) is 24.8 Å². The van der Waals surface area contributed by atoms with E-state index in [1.807, 2.05) is 60.7 Å². The molecule has 4 nitrogen and oxygen atoms in total. The van der Waals surface area contributed by atoms with E-state index >= 15 is 0 Å². The predicted molar refractivity (Wildman–Crippen MR) is 89.4 cm³/mol. The molecule has 122 valence electrons. The molecule has 0 radical (unpaired) electrons. The Balaban J connectivity index is 1.47. The quantitative estimate of drug-likeness (QED) is 0.867. The second kappa shape index (κ2) is 6.11. The van der Waals surface area contributed by atoms with Crippen LogP contribution in [0.3, 0.4) is 0 Å². The molecule has 2 amide bonds. The topological polar surface area (TPSA) is 46.6 Å². The minimum Gasteiger partial charge on any atom is -0.447 e. The summed E-state index contributed by atoms with van der Waals surface area (Å²) in [4.78, 5) is 26.2. The third-order valence-corrected chi connectivity index (χ3v) is 4.85. The highest BCUT2D eigenvalue weighted by molar-refractivity contribution is 5.96. The minimum absolute atomic E-state index is 0.0905. The zero-order chi connectivity index (χ0) is 16.5. The zero-order valence-electron chi connectivity index (χ0n) is 13.3. The van der Waals surface area contributed by atoms with Gasteiger partial charge in [-0.15, -0.1) is 0 Å². The number of cyclic esters (lactones) is 1. The van der Waals surface area contributed by atoms with Crippen molar-refractivity contribution in [1.82, 2.24) is 4.90 Å². The number of rotatable bonds is 4. The Hall–Kier alpha value is -2.62. The lowest BCUT2D eigenvalue weighted by Crippen LogP contribution is -2.41. The first-order valence-electron chi connectivity index (χ1n) is 8.33. The summed E-state index contributed by atoms with van der Waals surface area (Å²) in [7, 11) is 0. The normalized spacial score (nSPS) is 25.4. The third-order valence-electron chi connectivity index (χ3n) is 4.85. The SMILES string of the molecule is O=C1OC[C@H](Cc2ccccc2)N1C(=O)[C@@H]1CC1c1ccccc1. The van der Waals surface area contributed by atoms with Gasteiger partial charge in [-0.05, 0) is 29.9 Å². The van der Waals surface area contributed by atoms with Crippen LogP contribution in [0.4, 0.5) is 4.79 Å². The van der Waals surface area contributed by atoms with Gasteiger partial charge < -0.3 is 4.74 Å². The van der Waals surface area contributed by atoms with E-state index in [2.05, 4.69) is 0 Å². The van der Waals surface area contributed by atoms with E-state index in [9.17, 15) is 9.59 Å². The highest BCUT2D eigenvalue weighted by Gasteiger charge is 2.50. The van der Waals surface area contributed by atoms with Gasteiger partial charge in [0, 0.05) is 5.92 Å². The van der Waals surface area contributed by atoms with Crippen LogP contribution < -0.4 is 0 Å². The second-order valence-corrected chi connectivity index (χ2v) is 6.49. The molecule has 2 aromatic carbocycles. The minimum atomic E-state index is -0.500. The number of ether oxygens (including phenoxy) is 1. The standard InChI is InChI=1S/C20H19NO3/c22-19(18-12-17(18)15-9-5-2-6-10-15)21-16(13-24-20(21)23)11-14-7-3-1-4-8-14/h1-10,16-18H,11-13H2/t16-,17?,18+/m0/s1. The van der Waals surface area contributed by atoms with Crippen molar-refractivity contribution in [3.63, 3.8) is 0 Å². The molecule has 1 aliphatic carbocycles. The fraction of sp³-hybridized carbons (Fsp3) is 0.300. The average molecular weight is 321 g/mol. The number of carbonyl (C=O) groups excluding carboxylic acids is 2. The Morgan fingerprint density at radius 1 is 1.04 bits per heavy atom. The lowest BCUT2D eigenvalue weighted by Gasteiger charge is -2.19. The highest BCUT2D eigenvalue weighted by Crippen LogP contribution is 2.49. The van der Waals surface area contributed by atoms with Crippen LogP contribution in [0.1, 0.15) is 23.5 Å². The van der Waals surface area contributed by atoms with Crippen molar-refractivity contribution in [1.29, 1.82) is 0 Å². The average Bonchev–Trinajstić information content (AvgIpc) is 3.35. The van der Waals surface area contributed by atoms with Crippen LogP contribution in [0, 0.1) is 5.92 Å². The van der Waals surface area contributed by atoms with Gasteiger partial charge in [0.05, 0.1) is 6.04 Å². The molecule has 3 atom stereocenters. The molecule has 1 saturated carbocycles. The largest absolute Gasteiger partial charge is 0.447 e. The van der Waals surface area contributed by atoms with Gasteiger partial charge in [0.1, 0.15) is 6.61 Å². The summed E-state index contributed by atoms with van der Waals surface area (Å²) < 4.78 is 5.16. The van der Waals surface area contributed by atoms with Crippen LogP contribution in [-0.2, 0) is 16.0 Å². The first-order chi connectivity index (χ1) is 11.7. The van der Waals surface area contributed by atoms with Crippen LogP contribution in [0.15, 0.2) is 60.7 Å². The molecule has 24 heavy (non-hydrogen) atoms. The molecule has 1 heterocycles. The summed E-state index contributed by atoms with van der Waals surface area (Å²) in [5.41, 5.74) is 2.28. The van der Waals surface area contributed by atoms with E-state index in [0.29, 0.717) is 6.42 Å². The number of benzene rings is 2. The van der Waals surface area contributed by atoms with Crippen molar-refractivity contribution in [3.8, 4) is 0 Å². The second-order valence-electron chi connectivity index (χ2n) is 6.49. The summed E-state index contributed by atoms with van der Waals surface area (Å²) >= 11 is 0. The molecule has 2 aliphatic rings. The van der Waals surface area contributed by atoms with Crippen LogP contribution in [0.5, 0.6) is 0 Å². The molecular weight excluding hydrogens is 302 g/mol. The smallest absolute Gasteiger partial charge is 0.416 e. The summed E-state index contributed by atoms with van der Waals surface area (Å²) in [6.07, 6.45) is 0.950. The van der Waals surface area contributed by atoms with Gasteiger partial charge in [-0.25, -0.2) is 9.69 Å². The van der Waals surface area contributed by atoms with Crippen molar-refractivity contribution in [2.24, 2.45) is 5.92 Å². The first kappa shape index (κ1) is 14.9. The van der Waals surface area contributed by atoms with Crippen molar-refractivity contribution in [3.05, 3.63) is 71.8 Å². The molecule has 0 aromatic heterocycles. The molecule has 0 bridgehead atoms. The van der Waals surface area contributed by atoms with Gasteiger partial charge >= 0.3 is 6.09 Å². The maximum absolute atomic E-state index is 12.8. The lowest BCUT2D eigenvalue weighted by atomic mass is 10.0. The predicted octanol–water partition coefficient (Wildman–Crippen LogP) is 3.38. The summed E-state index contributed by atoms with van der Waals surface area (Å²) in [6, 6.07) is 19.7. The maximum atomic E-state index is 12.8. The van der Waals surface area contributed by atoms with Crippen LogP contribution in [0.25, 0.3) is 0 Å². The molecule has 2 aromatic rings. The number of imide groups is 1. The van der Waals surface area contributed by atoms with Crippen LogP contribution >= 0.6 is 0 Å². The molecule has 0 spiro atoms. The van der Waals surface area contributed by atoms with E-state index in [0.717, 1.165) is 12.0 Å². The molecule has 4 rings (SSSR count). The number of carbonyl (C=O) groups is 2. The Kier molecular flexibility index (Phi) is 3.81. The molecule has 1 aliphatic heterocycles. The van der Waals surface area contributed by atoms with Gasteiger partial charge in [0.25, 0.3) is 0 Å². The Bertz CT molecular complexity index is 744. The highest BCUT2D eigenvalue weighted by atomic mass is 16.6. The summed E-state index contributed by atoms with van der Waals surface area (Å²) in [5, 5.41) is 0. The fourth-order valence-corrected chi connectivity index (χ4v) is 3.48. The van der Waals surface area contributed by atoms with E-state index in [4.69, 9.17) is 4.74 Å². The monoisotopic (exact) mass is 321 g/mol. The Morgan fingerprint density at radius 3 is 2.42 bits per heavy atom. The molecule has 1 saturated heterocycles. The molecule has 0 N–H and O–H groups in total. The number of hydrogen-bond donors (Lipinski definition) is 0. The Labute approximate surface area is 141 Å². The Morgan fingerprint density at radius 2 is 1.71 bits per heavy atom. The van der Waals surface area contributed by atoms with E-state index in [1.165, 1.54) is 10.5 Å². The molecule has 4 heteroatoms. The molecule has 2 fully saturated rings. The van der Waals surface area contributed by atoms with E-state index in [-0.39, 0.29) is 30.4 Å². The summed E-state index contributed by atoms with van der Waals surface area (Å²) in [5.74, 6) is 0.0353. The summed E-state index contributed by atoms with van der Waals surface area (Å²) in [6.45, 7) is 0.280. The van der Waals surface area contributed by atoms with Crippen molar-refractivity contribution < 1.29 is 14.3 Å². The molecular formula is C20H19NO3. The van der Waals surface area contributed by atoms with Crippen LogP contribution in [-0.4, -0.2) is 29.5 Å². The molecule has 1 unspecified atom stereocenters. The van der Waals surface area contributed by atoms with Crippen LogP contribution in [0.2, 0.25) is 0 Å². The van der Waals surface area contributed by atoms with E-state index < -0.39 is 6.09 Å². The van der Waals surface area contributed by atoms with Crippen molar-refractivity contribution in [2.75, 3.05) is 6.61 Å². The van der Waals surface area contributed by atoms with Gasteiger partial charge in [-0.1, -0.05) is 60.7 Å². The van der Waals surface area contributed by atoms with Gasteiger partial charge in [0.2, 0.25) is 5.91 Å².